The highest BCUT2D eigenvalue weighted by Crippen LogP contribution is 2.38. The summed E-state index contributed by atoms with van der Waals surface area (Å²) in [5, 5.41) is 16.9. The van der Waals surface area contributed by atoms with Crippen molar-refractivity contribution in [2.45, 2.75) is 25.6 Å². The molecule has 156 valence electrons. The molecular formula is C20H15BrF4N4O. The van der Waals surface area contributed by atoms with E-state index >= 15 is 0 Å². The van der Waals surface area contributed by atoms with Crippen molar-refractivity contribution in [3.8, 4) is 23.2 Å². The SMILES string of the molecule is Cn1c(-c2ccc(F)cc2C(F)(F)F)nnc1C(C)(C)Oc1ccc(C#N)cc1Br. The van der Waals surface area contributed by atoms with Crippen molar-refractivity contribution in [1.82, 2.24) is 14.8 Å². The van der Waals surface area contributed by atoms with Crippen molar-refractivity contribution in [2.75, 3.05) is 0 Å². The number of aromatic nitrogens is 3. The van der Waals surface area contributed by atoms with Crippen LogP contribution in [0.25, 0.3) is 11.4 Å². The van der Waals surface area contributed by atoms with E-state index in [0.29, 0.717) is 21.9 Å². The molecule has 0 bridgehead atoms. The van der Waals surface area contributed by atoms with E-state index in [-0.39, 0.29) is 17.2 Å². The van der Waals surface area contributed by atoms with Gasteiger partial charge in [-0.05, 0) is 66.2 Å². The Hall–Kier alpha value is -2.93. The molecule has 3 aromatic rings. The monoisotopic (exact) mass is 482 g/mol. The summed E-state index contributed by atoms with van der Waals surface area (Å²) in [5.74, 6) is -0.400. The lowest BCUT2D eigenvalue weighted by molar-refractivity contribution is -0.137. The zero-order chi connectivity index (χ0) is 22.3. The molecule has 0 saturated heterocycles. The molecule has 0 atom stereocenters. The summed E-state index contributed by atoms with van der Waals surface area (Å²) in [6.07, 6.45) is -4.76. The van der Waals surface area contributed by atoms with Gasteiger partial charge in [0.25, 0.3) is 0 Å². The van der Waals surface area contributed by atoms with Crippen LogP contribution in [0.1, 0.15) is 30.8 Å². The first-order chi connectivity index (χ1) is 13.9. The number of alkyl halides is 3. The van der Waals surface area contributed by atoms with Crippen molar-refractivity contribution in [3.63, 3.8) is 0 Å². The van der Waals surface area contributed by atoms with Crippen molar-refractivity contribution < 1.29 is 22.3 Å². The molecule has 2 aromatic carbocycles. The molecule has 10 heteroatoms. The van der Waals surface area contributed by atoms with Gasteiger partial charge in [0.1, 0.15) is 11.6 Å². The fourth-order valence-corrected chi connectivity index (χ4v) is 3.47. The fourth-order valence-electron chi connectivity index (χ4n) is 3.01. The molecule has 0 amide bonds. The van der Waals surface area contributed by atoms with Crippen molar-refractivity contribution in [2.24, 2.45) is 7.05 Å². The van der Waals surface area contributed by atoms with Gasteiger partial charge in [-0.3, -0.25) is 0 Å². The van der Waals surface area contributed by atoms with Gasteiger partial charge < -0.3 is 9.30 Å². The molecule has 0 aliphatic rings. The second-order valence-electron chi connectivity index (χ2n) is 6.96. The average Bonchev–Trinajstić information content (AvgIpc) is 3.05. The molecule has 30 heavy (non-hydrogen) atoms. The summed E-state index contributed by atoms with van der Waals surface area (Å²) >= 11 is 3.33. The average molecular weight is 483 g/mol. The van der Waals surface area contributed by atoms with Gasteiger partial charge in [0, 0.05) is 12.6 Å². The minimum absolute atomic E-state index is 0.0760. The molecule has 0 saturated carbocycles. The number of nitrogens with zero attached hydrogens (tertiary/aromatic N) is 4. The molecular weight excluding hydrogens is 468 g/mol. The number of nitriles is 1. The predicted octanol–water partition coefficient (Wildman–Crippen LogP) is 5.59. The van der Waals surface area contributed by atoms with Crippen molar-refractivity contribution in [3.05, 3.63) is 63.6 Å². The first-order valence-electron chi connectivity index (χ1n) is 8.59. The summed E-state index contributed by atoms with van der Waals surface area (Å²) in [4.78, 5) is 0. The third kappa shape index (κ3) is 4.16. The standard InChI is InChI=1S/C20H15BrF4N4O/c1-19(2,30-16-7-4-11(10-26)8-15(16)21)18-28-27-17(29(18)3)13-6-5-12(22)9-14(13)20(23,24)25/h4-9H,1-3H3. The number of halogens is 5. The molecule has 0 fully saturated rings. The van der Waals surface area contributed by atoms with Gasteiger partial charge in [0.15, 0.2) is 17.2 Å². The normalized spacial score (nSPS) is 12.0. The zero-order valence-corrected chi connectivity index (χ0v) is 17.6. The molecule has 5 nitrogen and oxygen atoms in total. The summed E-state index contributed by atoms with van der Waals surface area (Å²) in [5.41, 5.74) is -2.09. The molecule has 1 heterocycles. The maximum absolute atomic E-state index is 13.4. The molecule has 0 aliphatic carbocycles. The topological polar surface area (TPSA) is 63.7 Å². The minimum Gasteiger partial charge on any atom is -0.479 e. The summed E-state index contributed by atoms with van der Waals surface area (Å²) < 4.78 is 61.6. The number of rotatable bonds is 4. The lowest BCUT2D eigenvalue weighted by Crippen LogP contribution is -2.29. The summed E-state index contributed by atoms with van der Waals surface area (Å²) in [6, 6.07) is 9.17. The molecule has 0 radical (unpaired) electrons. The van der Waals surface area contributed by atoms with Gasteiger partial charge in [-0.1, -0.05) is 0 Å². The van der Waals surface area contributed by atoms with Crippen LogP contribution in [0.15, 0.2) is 40.9 Å². The molecule has 0 aliphatic heterocycles. The quantitative estimate of drug-likeness (QED) is 0.454. The lowest BCUT2D eigenvalue weighted by atomic mass is 10.1. The van der Waals surface area contributed by atoms with Gasteiger partial charge >= 0.3 is 6.18 Å². The van der Waals surface area contributed by atoms with Crippen LogP contribution in [0.5, 0.6) is 5.75 Å². The van der Waals surface area contributed by atoms with Crippen molar-refractivity contribution >= 4 is 15.9 Å². The van der Waals surface area contributed by atoms with E-state index in [0.717, 1.165) is 12.1 Å². The van der Waals surface area contributed by atoms with Crippen LogP contribution in [0.2, 0.25) is 0 Å². The van der Waals surface area contributed by atoms with E-state index in [9.17, 15) is 17.6 Å². The fraction of sp³-hybridized carbons (Fsp3) is 0.250. The van der Waals surface area contributed by atoms with Crippen LogP contribution >= 0.6 is 15.9 Å². The van der Waals surface area contributed by atoms with Gasteiger partial charge in [-0.25, -0.2) is 4.39 Å². The number of hydrogen-bond donors (Lipinski definition) is 0. The van der Waals surface area contributed by atoms with Gasteiger partial charge in [-0.15, -0.1) is 10.2 Å². The Balaban J connectivity index is 2.02. The van der Waals surface area contributed by atoms with Gasteiger partial charge in [-0.2, -0.15) is 18.4 Å². The van der Waals surface area contributed by atoms with E-state index in [4.69, 9.17) is 10.00 Å². The highest BCUT2D eigenvalue weighted by Gasteiger charge is 2.37. The predicted molar refractivity (Wildman–Crippen MR) is 104 cm³/mol. The molecule has 0 spiro atoms. The number of hydrogen-bond acceptors (Lipinski definition) is 4. The Bertz CT molecular complexity index is 1150. The highest BCUT2D eigenvalue weighted by molar-refractivity contribution is 9.10. The Labute approximate surface area is 178 Å². The second kappa shape index (κ2) is 7.72. The zero-order valence-electron chi connectivity index (χ0n) is 16.1. The van der Waals surface area contributed by atoms with Crippen LogP contribution in [-0.2, 0) is 18.8 Å². The van der Waals surface area contributed by atoms with Crippen molar-refractivity contribution in [1.29, 1.82) is 5.26 Å². The van der Waals surface area contributed by atoms with E-state index in [1.54, 1.807) is 32.0 Å². The Morgan fingerprint density at radius 2 is 1.80 bits per heavy atom. The molecule has 1 aromatic heterocycles. The van der Waals surface area contributed by atoms with E-state index in [2.05, 4.69) is 26.1 Å². The smallest absolute Gasteiger partial charge is 0.417 e. The van der Waals surface area contributed by atoms with E-state index in [1.165, 1.54) is 11.6 Å². The summed E-state index contributed by atoms with van der Waals surface area (Å²) in [7, 11) is 1.51. The van der Waals surface area contributed by atoms with E-state index < -0.39 is 23.2 Å². The largest absolute Gasteiger partial charge is 0.479 e. The second-order valence-corrected chi connectivity index (χ2v) is 7.82. The minimum atomic E-state index is -4.76. The Kier molecular flexibility index (Phi) is 5.60. The van der Waals surface area contributed by atoms with E-state index in [1.807, 2.05) is 6.07 Å². The van der Waals surface area contributed by atoms with Crippen LogP contribution in [0.3, 0.4) is 0 Å². The summed E-state index contributed by atoms with van der Waals surface area (Å²) in [6.45, 7) is 3.36. The van der Waals surface area contributed by atoms with Crippen LogP contribution < -0.4 is 4.74 Å². The third-order valence-corrected chi connectivity index (χ3v) is 4.99. The van der Waals surface area contributed by atoms with Crippen LogP contribution in [0, 0.1) is 17.1 Å². The molecule has 0 unspecified atom stereocenters. The third-order valence-electron chi connectivity index (χ3n) is 4.37. The van der Waals surface area contributed by atoms with Crippen LogP contribution in [-0.4, -0.2) is 14.8 Å². The molecule has 0 N–H and O–H groups in total. The maximum atomic E-state index is 13.4. The van der Waals surface area contributed by atoms with Gasteiger partial charge in [0.05, 0.1) is 21.7 Å². The number of benzene rings is 2. The first kappa shape index (κ1) is 21.8. The first-order valence-corrected chi connectivity index (χ1v) is 9.39. The molecule has 3 rings (SSSR count). The highest BCUT2D eigenvalue weighted by atomic mass is 79.9. The Morgan fingerprint density at radius 3 is 2.40 bits per heavy atom. The Morgan fingerprint density at radius 1 is 1.10 bits per heavy atom. The lowest BCUT2D eigenvalue weighted by Gasteiger charge is -2.26. The number of ether oxygens (including phenoxy) is 1. The maximum Gasteiger partial charge on any atom is 0.417 e. The van der Waals surface area contributed by atoms with Crippen LogP contribution in [0.4, 0.5) is 17.6 Å². The van der Waals surface area contributed by atoms with Gasteiger partial charge in [0.2, 0.25) is 0 Å².